The maximum atomic E-state index is 12.1. The van der Waals surface area contributed by atoms with E-state index in [0.717, 1.165) is 30.8 Å². The van der Waals surface area contributed by atoms with E-state index in [-0.39, 0.29) is 5.54 Å². The Morgan fingerprint density at radius 1 is 1.41 bits per heavy atom. The Kier molecular flexibility index (Phi) is 3.58. The van der Waals surface area contributed by atoms with E-state index in [1.807, 2.05) is 19.9 Å². The predicted molar refractivity (Wildman–Crippen MR) is 69.7 cm³/mol. The predicted octanol–water partition coefficient (Wildman–Crippen LogP) is 1.69. The fraction of sp³-hybridized carbons (Fsp3) is 0.636. The van der Waals surface area contributed by atoms with Crippen LogP contribution in [0.4, 0.5) is 0 Å². The summed E-state index contributed by atoms with van der Waals surface area (Å²) < 4.78 is 27.3. The second kappa shape index (κ2) is 4.68. The topological polar surface area (TPSA) is 58.2 Å². The number of hydrogen-bond donors (Lipinski definition) is 2. The smallest absolute Gasteiger partial charge is 0.250 e. The van der Waals surface area contributed by atoms with E-state index in [0.29, 0.717) is 4.21 Å². The van der Waals surface area contributed by atoms with Crippen molar-refractivity contribution in [3.63, 3.8) is 0 Å². The number of nitrogens with one attached hydrogen (secondary N) is 2. The highest BCUT2D eigenvalue weighted by atomic mass is 32.2. The van der Waals surface area contributed by atoms with Crippen LogP contribution in [0.1, 0.15) is 31.6 Å². The molecule has 1 heterocycles. The Bertz CT molecular complexity index is 489. The zero-order valence-corrected chi connectivity index (χ0v) is 11.7. The Labute approximate surface area is 106 Å². The quantitative estimate of drug-likeness (QED) is 0.830. The van der Waals surface area contributed by atoms with Crippen molar-refractivity contribution in [2.75, 3.05) is 6.54 Å². The molecule has 0 radical (unpaired) electrons. The van der Waals surface area contributed by atoms with Gasteiger partial charge in [0.25, 0.3) is 10.0 Å². The zero-order valence-electron chi connectivity index (χ0n) is 10.1. The van der Waals surface area contributed by atoms with Crippen molar-refractivity contribution < 1.29 is 8.42 Å². The van der Waals surface area contributed by atoms with Crippen LogP contribution >= 0.6 is 11.3 Å². The summed E-state index contributed by atoms with van der Waals surface area (Å²) in [4.78, 5) is 1.05. The van der Waals surface area contributed by atoms with Gasteiger partial charge in [-0.2, -0.15) is 0 Å². The van der Waals surface area contributed by atoms with Crippen molar-refractivity contribution >= 4 is 21.4 Å². The first-order valence-electron chi connectivity index (χ1n) is 5.79. The molecule has 96 valence electrons. The molecule has 1 fully saturated rings. The van der Waals surface area contributed by atoms with Gasteiger partial charge in [0.05, 0.1) is 0 Å². The van der Waals surface area contributed by atoms with Gasteiger partial charge < -0.3 is 5.32 Å². The fourth-order valence-corrected chi connectivity index (χ4v) is 4.30. The number of sulfonamides is 1. The highest BCUT2D eigenvalue weighted by Crippen LogP contribution is 2.36. The van der Waals surface area contributed by atoms with Gasteiger partial charge in [0.2, 0.25) is 0 Å². The lowest BCUT2D eigenvalue weighted by atomic mass is 10.4. The molecule has 2 N–H and O–H groups in total. The lowest BCUT2D eigenvalue weighted by molar-refractivity contribution is 0.560. The third-order valence-electron chi connectivity index (χ3n) is 2.83. The first kappa shape index (κ1) is 13.0. The van der Waals surface area contributed by atoms with Gasteiger partial charge in [0, 0.05) is 17.0 Å². The van der Waals surface area contributed by atoms with Crippen LogP contribution in [-0.2, 0) is 16.6 Å². The van der Waals surface area contributed by atoms with Crippen LogP contribution in [0, 0.1) is 0 Å². The molecule has 0 aliphatic heterocycles. The van der Waals surface area contributed by atoms with E-state index in [9.17, 15) is 8.42 Å². The molecule has 17 heavy (non-hydrogen) atoms. The third kappa shape index (κ3) is 3.28. The monoisotopic (exact) mass is 274 g/mol. The van der Waals surface area contributed by atoms with Gasteiger partial charge in [0.1, 0.15) is 4.21 Å². The van der Waals surface area contributed by atoms with Crippen LogP contribution in [0.3, 0.4) is 0 Å². The summed E-state index contributed by atoms with van der Waals surface area (Å²) in [7, 11) is -3.32. The summed E-state index contributed by atoms with van der Waals surface area (Å²) in [5.41, 5.74) is -0.204. The lowest BCUT2D eigenvalue weighted by Gasteiger charge is -2.10. The average Bonchev–Trinajstić information content (AvgIpc) is 2.81. The van der Waals surface area contributed by atoms with E-state index < -0.39 is 10.0 Å². The van der Waals surface area contributed by atoms with Crippen LogP contribution in [0.25, 0.3) is 0 Å². The van der Waals surface area contributed by atoms with Gasteiger partial charge in [-0.1, -0.05) is 6.92 Å². The molecule has 1 aliphatic carbocycles. The highest BCUT2D eigenvalue weighted by Gasteiger charge is 2.41. The number of hydrogen-bond acceptors (Lipinski definition) is 4. The number of thiophene rings is 1. The first-order valence-corrected chi connectivity index (χ1v) is 8.09. The molecule has 1 saturated carbocycles. The molecule has 0 unspecified atom stereocenters. The molecule has 1 aromatic heterocycles. The molecule has 0 amide bonds. The molecule has 0 saturated heterocycles. The average molecular weight is 274 g/mol. The van der Waals surface area contributed by atoms with E-state index in [1.165, 1.54) is 11.3 Å². The largest absolute Gasteiger partial charge is 0.312 e. The lowest BCUT2D eigenvalue weighted by Crippen LogP contribution is -2.33. The van der Waals surface area contributed by atoms with E-state index in [4.69, 9.17) is 0 Å². The Morgan fingerprint density at radius 2 is 2.12 bits per heavy atom. The van der Waals surface area contributed by atoms with Gasteiger partial charge in [0.15, 0.2) is 0 Å². The molecule has 1 aromatic rings. The normalized spacial score (nSPS) is 18.2. The minimum absolute atomic E-state index is 0.204. The van der Waals surface area contributed by atoms with Crippen LogP contribution in [0.5, 0.6) is 0 Å². The maximum absolute atomic E-state index is 12.1. The molecule has 0 atom stereocenters. The standard InChI is InChI=1S/C11H18N2O2S2/c1-3-12-8-9-4-5-10(16-9)17(14,15)13-11(2)6-7-11/h4-5,12-13H,3,6-8H2,1-2H3. The summed E-state index contributed by atoms with van der Waals surface area (Å²) in [5.74, 6) is 0. The van der Waals surface area contributed by atoms with Crippen molar-refractivity contribution in [3.05, 3.63) is 17.0 Å². The SMILES string of the molecule is CCNCc1ccc(S(=O)(=O)NC2(C)CC2)s1. The summed E-state index contributed by atoms with van der Waals surface area (Å²) in [6.07, 6.45) is 1.86. The Morgan fingerprint density at radius 3 is 2.71 bits per heavy atom. The number of rotatable bonds is 6. The van der Waals surface area contributed by atoms with Crippen molar-refractivity contribution in [1.82, 2.24) is 10.0 Å². The molecule has 0 bridgehead atoms. The van der Waals surface area contributed by atoms with Crippen molar-refractivity contribution in [2.24, 2.45) is 0 Å². The zero-order chi connectivity index (χ0) is 12.5. The second-order valence-corrected chi connectivity index (χ2v) is 7.74. The van der Waals surface area contributed by atoms with Gasteiger partial charge in [-0.3, -0.25) is 0 Å². The minimum Gasteiger partial charge on any atom is -0.312 e. The van der Waals surface area contributed by atoms with Gasteiger partial charge >= 0.3 is 0 Å². The third-order valence-corrected chi connectivity index (χ3v) is 6.05. The minimum atomic E-state index is -3.32. The molecular formula is C11H18N2O2S2. The van der Waals surface area contributed by atoms with Gasteiger partial charge in [-0.05, 0) is 38.4 Å². The molecule has 2 rings (SSSR count). The molecule has 0 aromatic carbocycles. The van der Waals surface area contributed by atoms with Gasteiger partial charge in [-0.25, -0.2) is 13.1 Å². The van der Waals surface area contributed by atoms with E-state index in [2.05, 4.69) is 10.0 Å². The first-order chi connectivity index (χ1) is 7.95. The maximum Gasteiger partial charge on any atom is 0.250 e. The van der Waals surface area contributed by atoms with E-state index in [1.54, 1.807) is 6.07 Å². The molecule has 1 aliphatic rings. The van der Waals surface area contributed by atoms with Crippen LogP contribution in [0.15, 0.2) is 16.3 Å². The summed E-state index contributed by atoms with van der Waals surface area (Å²) in [5, 5.41) is 3.19. The van der Waals surface area contributed by atoms with Gasteiger partial charge in [-0.15, -0.1) is 11.3 Å². The fourth-order valence-electron chi connectivity index (χ4n) is 1.51. The van der Waals surface area contributed by atoms with Crippen molar-refractivity contribution in [1.29, 1.82) is 0 Å². The van der Waals surface area contributed by atoms with Crippen molar-refractivity contribution in [3.8, 4) is 0 Å². The molecule has 0 spiro atoms. The summed E-state index contributed by atoms with van der Waals surface area (Å²) in [6, 6.07) is 3.56. The second-order valence-electron chi connectivity index (χ2n) is 4.67. The van der Waals surface area contributed by atoms with Crippen molar-refractivity contribution in [2.45, 2.75) is 43.0 Å². The summed E-state index contributed by atoms with van der Waals surface area (Å²) in [6.45, 7) is 5.59. The van der Waals surface area contributed by atoms with Crippen LogP contribution in [-0.4, -0.2) is 20.5 Å². The molecule has 4 nitrogen and oxygen atoms in total. The molecule has 6 heteroatoms. The summed E-state index contributed by atoms with van der Waals surface area (Å²) >= 11 is 1.34. The van der Waals surface area contributed by atoms with E-state index >= 15 is 0 Å². The highest BCUT2D eigenvalue weighted by molar-refractivity contribution is 7.91. The molecular weight excluding hydrogens is 256 g/mol. The Balaban J connectivity index is 2.08. The Hall–Kier alpha value is -0.430. The van der Waals surface area contributed by atoms with Crippen LogP contribution < -0.4 is 10.0 Å². The van der Waals surface area contributed by atoms with Crippen LogP contribution in [0.2, 0.25) is 0 Å².